The standard InChI is InChI=1S/C7H3F4NO/c8-4-1-5(6(9)10)12-7(11)3(4)2-13/h1-2,6H. The first-order valence-corrected chi connectivity index (χ1v) is 3.15. The third-order valence-corrected chi connectivity index (χ3v) is 1.32. The molecule has 0 amide bonds. The van der Waals surface area contributed by atoms with Crippen molar-refractivity contribution in [1.29, 1.82) is 0 Å². The lowest BCUT2D eigenvalue weighted by Gasteiger charge is -2.01. The normalized spacial score (nSPS) is 10.5. The Morgan fingerprint density at radius 3 is 2.38 bits per heavy atom. The molecule has 6 heteroatoms. The summed E-state index contributed by atoms with van der Waals surface area (Å²) < 4.78 is 48.9. The Hall–Kier alpha value is -1.46. The molecule has 0 fully saturated rings. The molecule has 0 N–H and O–H groups in total. The van der Waals surface area contributed by atoms with Crippen LogP contribution in [-0.2, 0) is 0 Å². The van der Waals surface area contributed by atoms with Crippen LogP contribution in [0.15, 0.2) is 6.07 Å². The van der Waals surface area contributed by atoms with Crippen LogP contribution in [0.5, 0.6) is 0 Å². The largest absolute Gasteiger partial charge is 0.298 e. The van der Waals surface area contributed by atoms with Crippen molar-refractivity contribution in [2.75, 3.05) is 0 Å². The smallest absolute Gasteiger partial charge is 0.280 e. The molecule has 0 aliphatic heterocycles. The first kappa shape index (κ1) is 9.63. The Morgan fingerprint density at radius 1 is 1.38 bits per heavy atom. The van der Waals surface area contributed by atoms with Crippen molar-refractivity contribution < 1.29 is 22.4 Å². The first-order chi connectivity index (χ1) is 6.06. The van der Waals surface area contributed by atoms with Crippen LogP contribution in [0.25, 0.3) is 0 Å². The molecule has 1 aromatic rings. The summed E-state index contributed by atoms with van der Waals surface area (Å²) >= 11 is 0. The van der Waals surface area contributed by atoms with Crippen LogP contribution in [0.2, 0.25) is 0 Å². The lowest BCUT2D eigenvalue weighted by molar-refractivity contribution is 0.111. The fourth-order valence-electron chi connectivity index (χ4n) is 0.729. The number of rotatable bonds is 2. The zero-order valence-electron chi connectivity index (χ0n) is 6.10. The maximum Gasteiger partial charge on any atom is 0.280 e. The summed E-state index contributed by atoms with van der Waals surface area (Å²) in [7, 11) is 0. The van der Waals surface area contributed by atoms with Crippen molar-refractivity contribution in [3.63, 3.8) is 0 Å². The molecule has 70 valence electrons. The van der Waals surface area contributed by atoms with Gasteiger partial charge in [0, 0.05) is 6.07 Å². The SMILES string of the molecule is O=Cc1c(F)cc(C(F)F)nc1F. The van der Waals surface area contributed by atoms with Gasteiger partial charge in [-0.3, -0.25) is 4.79 Å². The minimum Gasteiger partial charge on any atom is -0.298 e. The lowest BCUT2D eigenvalue weighted by atomic mass is 10.2. The van der Waals surface area contributed by atoms with Crippen LogP contribution in [-0.4, -0.2) is 11.3 Å². The van der Waals surface area contributed by atoms with E-state index in [1.54, 1.807) is 0 Å². The van der Waals surface area contributed by atoms with E-state index in [9.17, 15) is 22.4 Å². The van der Waals surface area contributed by atoms with Gasteiger partial charge in [-0.2, -0.15) is 4.39 Å². The molecule has 0 aromatic carbocycles. The zero-order chi connectivity index (χ0) is 10.0. The predicted molar refractivity (Wildman–Crippen MR) is 34.5 cm³/mol. The Labute approximate surface area is 70.2 Å². The van der Waals surface area contributed by atoms with Gasteiger partial charge in [0.2, 0.25) is 5.95 Å². The third kappa shape index (κ3) is 1.82. The number of alkyl halides is 2. The van der Waals surface area contributed by atoms with E-state index in [1.807, 2.05) is 0 Å². The topological polar surface area (TPSA) is 30.0 Å². The van der Waals surface area contributed by atoms with Crippen LogP contribution >= 0.6 is 0 Å². The number of halogens is 4. The lowest BCUT2D eigenvalue weighted by Crippen LogP contribution is -2.02. The summed E-state index contributed by atoms with van der Waals surface area (Å²) in [4.78, 5) is 12.7. The highest BCUT2D eigenvalue weighted by Gasteiger charge is 2.16. The van der Waals surface area contributed by atoms with Gasteiger partial charge in [0.15, 0.2) is 6.29 Å². The summed E-state index contributed by atoms with van der Waals surface area (Å²) in [5.74, 6) is -2.86. The fourth-order valence-corrected chi connectivity index (χ4v) is 0.729. The molecule has 1 rings (SSSR count). The van der Waals surface area contributed by atoms with E-state index in [-0.39, 0.29) is 6.29 Å². The van der Waals surface area contributed by atoms with Crippen LogP contribution in [0.4, 0.5) is 17.6 Å². The van der Waals surface area contributed by atoms with Gasteiger partial charge >= 0.3 is 0 Å². The van der Waals surface area contributed by atoms with Crippen LogP contribution in [0, 0.1) is 11.8 Å². The Morgan fingerprint density at radius 2 is 2.00 bits per heavy atom. The first-order valence-electron chi connectivity index (χ1n) is 3.15. The average Bonchev–Trinajstić information content (AvgIpc) is 2.03. The van der Waals surface area contributed by atoms with E-state index in [0.29, 0.717) is 6.07 Å². The molecule has 0 bridgehead atoms. The maximum absolute atomic E-state index is 12.6. The number of nitrogens with zero attached hydrogens (tertiary/aromatic N) is 1. The quantitative estimate of drug-likeness (QED) is 0.409. The van der Waals surface area contributed by atoms with Gasteiger partial charge in [-0.25, -0.2) is 18.2 Å². The van der Waals surface area contributed by atoms with Gasteiger partial charge in [0.05, 0.1) is 0 Å². The highest BCUT2D eigenvalue weighted by molar-refractivity contribution is 5.74. The summed E-state index contributed by atoms with van der Waals surface area (Å²) in [5.41, 5.74) is -1.97. The Bertz CT molecular complexity index is 316. The molecule has 1 heterocycles. The van der Waals surface area contributed by atoms with E-state index in [2.05, 4.69) is 4.98 Å². The molecule has 0 aliphatic carbocycles. The monoisotopic (exact) mass is 193 g/mol. The van der Waals surface area contributed by atoms with E-state index >= 15 is 0 Å². The molecule has 0 radical (unpaired) electrons. The molecular weight excluding hydrogens is 190 g/mol. The molecular formula is C7H3F4NO. The number of aromatic nitrogens is 1. The van der Waals surface area contributed by atoms with Gasteiger partial charge in [0.1, 0.15) is 17.1 Å². The number of carbonyl (C=O) groups excluding carboxylic acids is 1. The molecule has 13 heavy (non-hydrogen) atoms. The van der Waals surface area contributed by atoms with Crippen LogP contribution < -0.4 is 0 Å². The van der Waals surface area contributed by atoms with E-state index in [4.69, 9.17) is 0 Å². The number of aldehydes is 1. The van der Waals surface area contributed by atoms with Crippen LogP contribution in [0.3, 0.4) is 0 Å². The number of hydrogen-bond acceptors (Lipinski definition) is 2. The van der Waals surface area contributed by atoms with Crippen molar-refractivity contribution in [1.82, 2.24) is 4.98 Å². The van der Waals surface area contributed by atoms with Gasteiger partial charge in [-0.15, -0.1) is 0 Å². The molecule has 0 spiro atoms. The molecule has 0 aliphatic rings. The third-order valence-electron chi connectivity index (χ3n) is 1.32. The van der Waals surface area contributed by atoms with Crippen LogP contribution in [0.1, 0.15) is 22.5 Å². The second kappa shape index (κ2) is 3.51. The number of hydrogen-bond donors (Lipinski definition) is 0. The van der Waals surface area contributed by atoms with Gasteiger partial charge < -0.3 is 0 Å². The second-order valence-electron chi connectivity index (χ2n) is 2.15. The number of carbonyl (C=O) groups is 1. The molecule has 0 atom stereocenters. The summed E-state index contributed by atoms with van der Waals surface area (Å²) in [6, 6.07) is 0.331. The van der Waals surface area contributed by atoms with Gasteiger partial charge in [-0.05, 0) is 0 Å². The molecule has 0 unspecified atom stereocenters. The minimum atomic E-state index is -3.07. The number of pyridine rings is 1. The van der Waals surface area contributed by atoms with Crippen molar-refractivity contribution in [2.45, 2.75) is 6.43 Å². The van der Waals surface area contributed by atoms with E-state index in [0.717, 1.165) is 0 Å². The van der Waals surface area contributed by atoms with Gasteiger partial charge in [0.25, 0.3) is 6.43 Å². The maximum atomic E-state index is 12.6. The highest BCUT2D eigenvalue weighted by Crippen LogP contribution is 2.19. The van der Waals surface area contributed by atoms with Crippen molar-refractivity contribution in [2.24, 2.45) is 0 Å². The summed E-state index contributed by atoms with van der Waals surface area (Å²) in [6.07, 6.45) is -3.18. The minimum absolute atomic E-state index is 0.118. The molecule has 0 saturated heterocycles. The summed E-state index contributed by atoms with van der Waals surface area (Å²) in [6.45, 7) is 0. The van der Waals surface area contributed by atoms with Crippen molar-refractivity contribution in [3.8, 4) is 0 Å². The second-order valence-corrected chi connectivity index (χ2v) is 2.15. The van der Waals surface area contributed by atoms with Crippen molar-refractivity contribution >= 4 is 6.29 Å². The summed E-state index contributed by atoms with van der Waals surface area (Å²) in [5, 5.41) is 0. The predicted octanol–water partition coefficient (Wildman–Crippen LogP) is 2.11. The Balaban J connectivity index is 3.28. The average molecular weight is 193 g/mol. The van der Waals surface area contributed by atoms with E-state index < -0.39 is 29.4 Å². The molecule has 1 aromatic heterocycles. The zero-order valence-corrected chi connectivity index (χ0v) is 6.10. The fraction of sp³-hybridized carbons (Fsp3) is 0.143. The van der Waals surface area contributed by atoms with Crippen molar-refractivity contribution in [3.05, 3.63) is 29.1 Å². The van der Waals surface area contributed by atoms with E-state index in [1.165, 1.54) is 0 Å². The van der Waals surface area contributed by atoms with Gasteiger partial charge in [-0.1, -0.05) is 0 Å². The molecule has 2 nitrogen and oxygen atoms in total. The highest BCUT2D eigenvalue weighted by atomic mass is 19.3. The Kier molecular flexibility index (Phi) is 2.60. The molecule has 0 saturated carbocycles.